The van der Waals surface area contributed by atoms with Gasteiger partial charge < -0.3 is 25.1 Å². The number of hydrogen-bond donors (Lipinski definition) is 2. The number of rotatable bonds is 7. The summed E-state index contributed by atoms with van der Waals surface area (Å²) in [5, 5.41) is 10.8. The van der Waals surface area contributed by atoms with Crippen LogP contribution in [-0.4, -0.2) is 55.1 Å². The molecule has 2 saturated heterocycles. The van der Waals surface area contributed by atoms with Gasteiger partial charge in [0.25, 0.3) is 0 Å². The lowest BCUT2D eigenvalue weighted by Crippen LogP contribution is -2.41. The van der Waals surface area contributed by atoms with Crippen molar-refractivity contribution in [2.24, 2.45) is 5.92 Å². The van der Waals surface area contributed by atoms with Crippen molar-refractivity contribution in [1.82, 2.24) is 9.97 Å². The molecule has 2 fully saturated rings. The first-order valence-electron chi connectivity index (χ1n) is 9.66. The molecule has 0 spiro atoms. The fourth-order valence-corrected chi connectivity index (χ4v) is 3.50. The van der Waals surface area contributed by atoms with E-state index in [4.69, 9.17) is 14.9 Å². The van der Waals surface area contributed by atoms with Crippen molar-refractivity contribution < 1.29 is 18.3 Å². The standard InChI is InChI=1S/C20H23F2N5O2/c21-14-4-15(22)6-17(5-14)29-10-13-2-1-3-27(9-13)19-8-24-18(7-23)20(26-19)25-16-11-28-12-16/h4-8,13,16,23H,1-3,9-12H2,(H,25,26). The monoisotopic (exact) mass is 403 g/mol. The van der Waals surface area contributed by atoms with E-state index in [1.54, 1.807) is 6.20 Å². The molecular formula is C20H23F2N5O2. The molecule has 3 heterocycles. The van der Waals surface area contributed by atoms with Crippen LogP contribution in [0.2, 0.25) is 0 Å². The van der Waals surface area contributed by atoms with Crippen molar-refractivity contribution in [1.29, 1.82) is 5.41 Å². The van der Waals surface area contributed by atoms with Crippen LogP contribution in [0, 0.1) is 23.0 Å². The van der Waals surface area contributed by atoms with Crippen molar-refractivity contribution in [3.63, 3.8) is 0 Å². The first-order valence-corrected chi connectivity index (χ1v) is 9.66. The van der Waals surface area contributed by atoms with Gasteiger partial charge in [0.05, 0.1) is 32.1 Å². The van der Waals surface area contributed by atoms with E-state index in [0.717, 1.165) is 31.3 Å². The van der Waals surface area contributed by atoms with E-state index in [0.29, 0.717) is 37.9 Å². The fourth-order valence-electron chi connectivity index (χ4n) is 3.50. The Morgan fingerprint density at radius 3 is 2.76 bits per heavy atom. The zero-order valence-electron chi connectivity index (χ0n) is 15.9. The minimum Gasteiger partial charge on any atom is -0.493 e. The molecule has 2 N–H and O–H groups in total. The van der Waals surface area contributed by atoms with Crippen LogP contribution in [0.4, 0.5) is 20.4 Å². The number of nitrogens with zero attached hydrogens (tertiary/aromatic N) is 3. The number of halogens is 2. The molecule has 0 aliphatic carbocycles. The second kappa shape index (κ2) is 8.69. The molecule has 0 amide bonds. The molecule has 7 nitrogen and oxygen atoms in total. The van der Waals surface area contributed by atoms with Crippen LogP contribution in [0.1, 0.15) is 18.5 Å². The molecule has 2 aliphatic rings. The Balaban J connectivity index is 1.41. The van der Waals surface area contributed by atoms with E-state index in [2.05, 4.69) is 20.2 Å². The van der Waals surface area contributed by atoms with Crippen LogP contribution in [0.15, 0.2) is 24.4 Å². The average Bonchev–Trinajstić information content (AvgIpc) is 2.68. The van der Waals surface area contributed by atoms with Crippen molar-refractivity contribution in [2.45, 2.75) is 18.9 Å². The summed E-state index contributed by atoms with van der Waals surface area (Å²) < 4.78 is 37.5. The van der Waals surface area contributed by atoms with Crippen LogP contribution in [0.3, 0.4) is 0 Å². The number of aromatic nitrogens is 2. The lowest BCUT2D eigenvalue weighted by Gasteiger charge is -2.34. The predicted octanol–water partition coefficient (Wildman–Crippen LogP) is 2.86. The largest absolute Gasteiger partial charge is 0.493 e. The molecule has 1 atom stereocenters. The van der Waals surface area contributed by atoms with Gasteiger partial charge in [-0.15, -0.1) is 0 Å². The van der Waals surface area contributed by atoms with Gasteiger partial charge in [0.15, 0.2) is 5.82 Å². The number of ether oxygens (including phenoxy) is 2. The molecule has 154 valence electrons. The van der Waals surface area contributed by atoms with Crippen LogP contribution in [-0.2, 0) is 4.74 Å². The SMILES string of the molecule is N=Cc1ncc(N2CCCC(COc3cc(F)cc(F)c3)C2)nc1NC1COC1. The maximum Gasteiger partial charge on any atom is 0.156 e. The summed E-state index contributed by atoms with van der Waals surface area (Å²) in [7, 11) is 0. The summed E-state index contributed by atoms with van der Waals surface area (Å²) >= 11 is 0. The average molecular weight is 403 g/mol. The minimum absolute atomic E-state index is 0.187. The first-order chi connectivity index (χ1) is 14.1. The molecule has 0 bridgehead atoms. The summed E-state index contributed by atoms with van der Waals surface area (Å²) in [4.78, 5) is 11.2. The van der Waals surface area contributed by atoms with Gasteiger partial charge in [0.1, 0.15) is 28.9 Å². The highest BCUT2D eigenvalue weighted by Crippen LogP contribution is 2.25. The van der Waals surface area contributed by atoms with Gasteiger partial charge in [-0.05, 0) is 12.8 Å². The summed E-state index contributed by atoms with van der Waals surface area (Å²) in [6.07, 6.45) is 4.78. The van der Waals surface area contributed by atoms with Crippen molar-refractivity contribution in [2.75, 3.05) is 43.1 Å². The number of piperidine rings is 1. The number of nitrogens with one attached hydrogen (secondary N) is 2. The summed E-state index contributed by atoms with van der Waals surface area (Å²) in [6, 6.07) is 3.39. The highest BCUT2D eigenvalue weighted by atomic mass is 19.1. The Hall–Kier alpha value is -2.81. The van der Waals surface area contributed by atoms with Crippen molar-refractivity contribution in [3.8, 4) is 5.75 Å². The lowest BCUT2D eigenvalue weighted by molar-refractivity contribution is 0.0209. The number of benzene rings is 1. The van der Waals surface area contributed by atoms with Crippen LogP contribution >= 0.6 is 0 Å². The van der Waals surface area contributed by atoms with Crippen molar-refractivity contribution in [3.05, 3.63) is 41.7 Å². The summed E-state index contributed by atoms with van der Waals surface area (Å²) in [6.45, 7) is 3.16. The molecule has 2 aliphatic heterocycles. The van der Waals surface area contributed by atoms with Gasteiger partial charge in [-0.25, -0.2) is 18.7 Å². The molecule has 4 rings (SSSR count). The van der Waals surface area contributed by atoms with E-state index in [1.165, 1.54) is 18.3 Å². The maximum absolute atomic E-state index is 13.3. The third-order valence-electron chi connectivity index (χ3n) is 5.07. The van der Waals surface area contributed by atoms with Crippen LogP contribution in [0.5, 0.6) is 5.75 Å². The van der Waals surface area contributed by atoms with E-state index in [9.17, 15) is 8.78 Å². The number of anilines is 2. The zero-order valence-corrected chi connectivity index (χ0v) is 15.9. The molecule has 1 aromatic heterocycles. The Labute approximate surface area is 167 Å². The molecule has 0 radical (unpaired) electrons. The van der Waals surface area contributed by atoms with E-state index in [-0.39, 0.29) is 17.7 Å². The second-order valence-corrected chi connectivity index (χ2v) is 7.36. The quantitative estimate of drug-likeness (QED) is 0.692. The molecule has 29 heavy (non-hydrogen) atoms. The highest BCUT2D eigenvalue weighted by molar-refractivity contribution is 5.82. The smallest absolute Gasteiger partial charge is 0.156 e. The van der Waals surface area contributed by atoms with Gasteiger partial charge in [-0.3, -0.25) is 0 Å². The Morgan fingerprint density at radius 1 is 1.28 bits per heavy atom. The Morgan fingerprint density at radius 2 is 2.07 bits per heavy atom. The zero-order chi connectivity index (χ0) is 20.2. The van der Waals surface area contributed by atoms with Gasteiger partial charge >= 0.3 is 0 Å². The first kappa shape index (κ1) is 19.5. The summed E-state index contributed by atoms with van der Waals surface area (Å²) in [5.74, 6) is 0.423. The number of hydrogen-bond acceptors (Lipinski definition) is 7. The Kier molecular flexibility index (Phi) is 5.84. The maximum atomic E-state index is 13.3. The highest BCUT2D eigenvalue weighted by Gasteiger charge is 2.24. The summed E-state index contributed by atoms with van der Waals surface area (Å²) in [5.41, 5.74) is 0.491. The molecule has 1 aromatic carbocycles. The predicted molar refractivity (Wildman–Crippen MR) is 105 cm³/mol. The van der Waals surface area contributed by atoms with Crippen molar-refractivity contribution >= 4 is 17.9 Å². The third kappa shape index (κ3) is 4.79. The molecule has 2 aromatic rings. The Bertz CT molecular complexity index is 858. The van der Waals surface area contributed by atoms with Gasteiger partial charge in [0, 0.05) is 43.4 Å². The molecule has 0 saturated carbocycles. The van der Waals surface area contributed by atoms with Gasteiger partial charge in [-0.2, -0.15) is 0 Å². The topological polar surface area (TPSA) is 83.4 Å². The third-order valence-corrected chi connectivity index (χ3v) is 5.07. The van der Waals surface area contributed by atoms with Gasteiger partial charge in [0.2, 0.25) is 0 Å². The normalized spacial score (nSPS) is 19.5. The lowest BCUT2D eigenvalue weighted by atomic mass is 9.99. The van der Waals surface area contributed by atoms with E-state index in [1.807, 2.05) is 0 Å². The van der Waals surface area contributed by atoms with E-state index >= 15 is 0 Å². The molecular weight excluding hydrogens is 380 g/mol. The van der Waals surface area contributed by atoms with Crippen LogP contribution < -0.4 is 15.0 Å². The van der Waals surface area contributed by atoms with E-state index < -0.39 is 11.6 Å². The van der Waals surface area contributed by atoms with Gasteiger partial charge in [-0.1, -0.05) is 0 Å². The minimum atomic E-state index is -0.649. The second-order valence-electron chi connectivity index (χ2n) is 7.36. The molecule has 9 heteroatoms. The fraction of sp³-hybridized carbons (Fsp3) is 0.450. The van der Waals surface area contributed by atoms with Crippen LogP contribution in [0.25, 0.3) is 0 Å². The molecule has 1 unspecified atom stereocenters.